The van der Waals surface area contributed by atoms with Crippen molar-refractivity contribution in [3.63, 3.8) is 0 Å². The van der Waals surface area contributed by atoms with E-state index in [9.17, 15) is 54.0 Å². The second kappa shape index (κ2) is 45.3. The maximum Gasteiger partial charge on any atom is 0.309 e. The molecular formula is C64H98N4O24. The summed E-state index contributed by atoms with van der Waals surface area (Å²) in [6.45, 7) is 17.6. The number of carbonyl (C=O) groups excluding carboxylic acids is 6. The Morgan fingerprint density at radius 1 is 0.554 bits per heavy atom. The SMILES string of the molecule is COCCOCCOCCOCCOCCOCCOCCOCCOCCOCCOCCOc1ccc(C[C@@H](C(=O)N[C@H](C(=O)N[C@@H](C)C(=O)Nc2ccc(COC(=O)C(C)C)c(CC[C@@H]3C[C@H](C(=O)O)[C@@H](O)[C@H](O)[C@H]3O)c2)C(C)C)N2C(=O)C=CC2=O)cc1. The number of nitrogens with one attached hydrogen (secondary N) is 3. The second-order valence-corrected chi connectivity index (χ2v) is 22.4. The van der Waals surface area contributed by atoms with E-state index in [0.717, 1.165) is 17.1 Å². The van der Waals surface area contributed by atoms with Crippen LogP contribution in [0.1, 0.15) is 64.2 Å². The molecule has 1 saturated carbocycles. The van der Waals surface area contributed by atoms with Crippen molar-refractivity contribution in [2.75, 3.05) is 158 Å². The minimum Gasteiger partial charge on any atom is -0.491 e. The number of carboxylic acid groups (broad SMARTS) is 1. The molecule has 4 rings (SSSR count). The zero-order valence-corrected chi connectivity index (χ0v) is 54.0. The van der Waals surface area contributed by atoms with Crippen LogP contribution in [0.3, 0.4) is 0 Å². The predicted molar refractivity (Wildman–Crippen MR) is 330 cm³/mol. The minimum absolute atomic E-state index is 0.106. The number of aryl methyl sites for hydroxylation is 1. The van der Waals surface area contributed by atoms with Crippen molar-refractivity contribution in [3.8, 4) is 5.75 Å². The van der Waals surface area contributed by atoms with Crippen LogP contribution in [0.2, 0.25) is 0 Å². The lowest BCUT2D eigenvalue weighted by atomic mass is 9.73. The quantitative estimate of drug-likeness (QED) is 0.0280. The number of methoxy groups -OCH3 is 1. The average molecular weight is 1310 g/mol. The van der Waals surface area contributed by atoms with E-state index in [4.69, 9.17) is 61.6 Å². The van der Waals surface area contributed by atoms with E-state index in [1.165, 1.54) is 6.92 Å². The highest BCUT2D eigenvalue weighted by Crippen LogP contribution is 2.34. The van der Waals surface area contributed by atoms with Gasteiger partial charge in [0.1, 0.15) is 43.2 Å². The zero-order valence-electron chi connectivity index (χ0n) is 54.0. The number of esters is 1. The largest absolute Gasteiger partial charge is 0.491 e. The Hall–Kier alpha value is -6.09. The molecule has 1 aliphatic carbocycles. The molecular weight excluding hydrogens is 1210 g/mol. The molecule has 2 aliphatic rings. The van der Waals surface area contributed by atoms with Gasteiger partial charge in [-0.25, -0.2) is 0 Å². The third kappa shape index (κ3) is 29.9. The molecule has 1 heterocycles. The van der Waals surface area contributed by atoms with Crippen LogP contribution in [0.5, 0.6) is 5.75 Å². The number of hydrogen-bond donors (Lipinski definition) is 7. The van der Waals surface area contributed by atoms with Gasteiger partial charge < -0.3 is 98.0 Å². The Bertz CT molecular complexity index is 2500. The third-order valence-corrected chi connectivity index (χ3v) is 14.7. The van der Waals surface area contributed by atoms with Crippen LogP contribution in [0.15, 0.2) is 54.6 Å². The van der Waals surface area contributed by atoms with Crippen LogP contribution in [0.4, 0.5) is 5.69 Å². The first-order chi connectivity index (χ1) is 44.3. The number of aliphatic hydroxyl groups is 3. The first-order valence-electron chi connectivity index (χ1n) is 31.3. The predicted octanol–water partition coefficient (Wildman–Crippen LogP) is 1.43. The second-order valence-electron chi connectivity index (χ2n) is 22.4. The van der Waals surface area contributed by atoms with Gasteiger partial charge in [0.05, 0.1) is 163 Å². The molecule has 28 heteroatoms. The molecule has 1 aliphatic heterocycles. The highest BCUT2D eigenvalue weighted by atomic mass is 16.6. The van der Waals surface area contributed by atoms with Gasteiger partial charge in [-0.05, 0) is 79.0 Å². The monoisotopic (exact) mass is 1310 g/mol. The summed E-state index contributed by atoms with van der Waals surface area (Å²) in [7, 11) is 1.63. The molecule has 0 saturated heterocycles. The van der Waals surface area contributed by atoms with Crippen molar-refractivity contribution in [1.29, 1.82) is 0 Å². The van der Waals surface area contributed by atoms with Gasteiger partial charge in [-0.15, -0.1) is 0 Å². The van der Waals surface area contributed by atoms with Gasteiger partial charge in [-0.1, -0.05) is 45.9 Å². The van der Waals surface area contributed by atoms with Crippen molar-refractivity contribution in [3.05, 3.63) is 71.3 Å². The standard InChI is InChI=1S/C64H98N4O24/c1-43(2)56(62(76)65-45(5)60(74)66-50-12-11-49(42-92-64(79)44(3)4)47(40-50)9-10-48-41-52(63(77)78)58(72)59(73)57(48)71)67-61(75)53(68-54(69)15-16-55(68)70)39-46-7-13-51(14-8-46)91-38-37-90-36-35-89-34-33-88-32-31-87-30-29-86-28-27-85-26-25-84-24-23-83-22-21-82-20-19-81-18-17-80-6/h7-8,11-16,40,43-45,48,52-53,56-59,71-73H,9-10,17-39,41-42H2,1-6H3,(H,65,76)(H,66,74)(H,67,75)(H,77,78)/t45-,48+,52-,53-,56-,57-,58+,59+/m0/s1. The Kier molecular flexibility index (Phi) is 38.6. The van der Waals surface area contributed by atoms with Gasteiger partial charge in [-0.3, -0.25) is 38.5 Å². The Morgan fingerprint density at radius 3 is 1.47 bits per heavy atom. The summed E-state index contributed by atoms with van der Waals surface area (Å²) in [6.07, 6.45) is -2.48. The van der Waals surface area contributed by atoms with Crippen molar-refractivity contribution in [2.45, 2.75) is 103 Å². The molecule has 518 valence electrons. The van der Waals surface area contributed by atoms with Crippen molar-refractivity contribution in [2.24, 2.45) is 23.7 Å². The Balaban J connectivity index is 1.10. The van der Waals surface area contributed by atoms with Crippen LogP contribution >= 0.6 is 0 Å². The molecule has 0 bridgehead atoms. The molecule has 0 aromatic heterocycles. The van der Waals surface area contributed by atoms with Crippen LogP contribution in [-0.4, -0.2) is 256 Å². The number of nitrogens with zero attached hydrogens (tertiary/aromatic N) is 1. The first kappa shape index (κ1) is 78.4. The summed E-state index contributed by atoms with van der Waals surface area (Å²) in [5.41, 5.74) is 2.00. The summed E-state index contributed by atoms with van der Waals surface area (Å²) >= 11 is 0. The normalized spacial score (nSPS) is 18.3. The smallest absolute Gasteiger partial charge is 0.309 e. The van der Waals surface area contributed by atoms with Crippen LogP contribution in [0, 0.1) is 23.7 Å². The van der Waals surface area contributed by atoms with Gasteiger partial charge >= 0.3 is 11.9 Å². The van der Waals surface area contributed by atoms with Gasteiger partial charge in [0, 0.05) is 31.4 Å². The summed E-state index contributed by atoms with van der Waals surface area (Å²) in [4.78, 5) is 92.7. The molecule has 7 N–H and O–H groups in total. The zero-order chi connectivity index (χ0) is 67.0. The van der Waals surface area contributed by atoms with Gasteiger partial charge in [0.15, 0.2) is 0 Å². The minimum atomic E-state index is -1.68. The third-order valence-electron chi connectivity index (χ3n) is 14.7. The van der Waals surface area contributed by atoms with Gasteiger partial charge in [-0.2, -0.15) is 0 Å². The van der Waals surface area contributed by atoms with E-state index < -0.39 is 102 Å². The molecule has 2 aromatic rings. The number of aliphatic carboxylic acids is 1. The number of imide groups is 1. The van der Waals surface area contributed by atoms with Gasteiger partial charge in [0.25, 0.3) is 11.8 Å². The number of aliphatic hydroxyl groups excluding tert-OH is 3. The van der Waals surface area contributed by atoms with Crippen molar-refractivity contribution < 1.29 is 116 Å². The van der Waals surface area contributed by atoms with Gasteiger partial charge in [0.2, 0.25) is 17.7 Å². The number of hydrogen-bond acceptors (Lipinski definition) is 23. The van der Waals surface area contributed by atoms with E-state index in [1.807, 2.05) is 0 Å². The van der Waals surface area contributed by atoms with E-state index in [1.54, 1.807) is 77.3 Å². The number of carboxylic acids is 1. The van der Waals surface area contributed by atoms with Crippen LogP contribution < -0.4 is 20.7 Å². The summed E-state index contributed by atoms with van der Waals surface area (Å²) < 4.78 is 71.2. The number of anilines is 1. The van der Waals surface area contributed by atoms with Crippen molar-refractivity contribution >= 4 is 47.2 Å². The number of ether oxygens (including phenoxy) is 13. The summed E-state index contributed by atoms with van der Waals surface area (Å²) in [6, 6.07) is 7.78. The fourth-order valence-corrected chi connectivity index (χ4v) is 9.40. The molecule has 2 aromatic carbocycles. The molecule has 0 unspecified atom stereocenters. The molecule has 0 radical (unpaired) electrons. The summed E-state index contributed by atoms with van der Waals surface area (Å²) in [5.74, 6) is -7.81. The Labute approximate surface area is 538 Å². The number of carbonyl (C=O) groups is 7. The number of benzene rings is 2. The van der Waals surface area contributed by atoms with Crippen LogP contribution in [-0.2, 0) is 110 Å². The van der Waals surface area contributed by atoms with Crippen LogP contribution in [0.25, 0.3) is 0 Å². The van der Waals surface area contributed by atoms with E-state index >= 15 is 0 Å². The fraction of sp³-hybridized carbons (Fsp3) is 0.672. The average Bonchev–Trinajstić information content (AvgIpc) is 1.42. The topological polar surface area (TPSA) is 360 Å². The highest BCUT2D eigenvalue weighted by Gasteiger charge is 2.45. The molecule has 92 heavy (non-hydrogen) atoms. The van der Waals surface area contributed by atoms with E-state index in [0.29, 0.717) is 155 Å². The van der Waals surface area contributed by atoms with E-state index in [-0.39, 0.29) is 51.2 Å². The molecule has 5 amide bonds. The number of amides is 5. The summed E-state index contributed by atoms with van der Waals surface area (Å²) in [5, 5.41) is 49.2. The lowest BCUT2D eigenvalue weighted by Gasteiger charge is -2.39. The fourth-order valence-electron chi connectivity index (χ4n) is 9.40. The molecule has 1 fully saturated rings. The number of rotatable bonds is 51. The highest BCUT2D eigenvalue weighted by molar-refractivity contribution is 6.15. The lowest BCUT2D eigenvalue weighted by molar-refractivity contribution is -0.168. The molecule has 28 nitrogen and oxygen atoms in total. The maximum absolute atomic E-state index is 14.1. The van der Waals surface area contributed by atoms with E-state index in [2.05, 4.69) is 16.0 Å². The molecule has 0 spiro atoms. The maximum atomic E-state index is 14.1. The Morgan fingerprint density at radius 2 is 1.02 bits per heavy atom. The molecule has 8 atom stereocenters. The first-order valence-corrected chi connectivity index (χ1v) is 31.3. The van der Waals surface area contributed by atoms with Crippen molar-refractivity contribution in [1.82, 2.24) is 15.5 Å². The lowest BCUT2D eigenvalue weighted by Crippen LogP contribution is -2.58.